The van der Waals surface area contributed by atoms with E-state index in [1.54, 1.807) is 13.0 Å². The first kappa shape index (κ1) is 15.2. The van der Waals surface area contributed by atoms with Crippen molar-refractivity contribution in [2.75, 3.05) is 5.32 Å². The van der Waals surface area contributed by atoms with E-state index in [0.29, 0.717) is 5.13 Å². The topological polar surface area (TPSA) is 97.1 Å². The van der Waals surface area contributed by atoms with Gasteiger partial charge in [-0.15, -0.1) is 10.2 Å². The van der Waals surface area contributed by atoms with Gasteiger partial charge in [-0.25, -0.2) is 0 Å². The molecule has 2 heterocycles. The summed E-state index contributed by atoms with van der Waals surface area (Å²) in [6, 6.07) is 2.42. The van der Waals surface area contributed by atoms with E-state index in [0.717, 1.165) is 5.01 Å². The summed E-state index contributed by atoms with van der Waals surface area (Å²) < 4.78 is 4.96. The number of aromatic nitrogens is 2. The lowest BCUT2D eigenvalue weighted by molar-refractivity contribution is -0.117. The van der Waals surface area contributed by atoms with Crippen LogP contribution in [-0.2, 0) is 4.79 Å². The SMILES string of the molecule is CC(NC(=O)c1ccco1)C(=O)Nc1nnc(C(C)C)s1. The summed E-state index contributed by atoms with van der Waals surface area (Å²) in [5.41, 5.74) is 0. The molecule has 0 aliphatic carbocycles. The predicted molar refractivity (Wildman–Crippen MR) is 78.3 cm³/mol. The zero-order valence-corrected chi connectivity index (χ0v) is 12.7. The zero-order valence-electron chi connectivity index (χ0n) is 11.9. The number of rotatable bonds is 5. The standard InChI is InChI=1S/C13H16N4O3S/c1-7(2)12-16-17-13(21-12)15-10(18)8(3)14-11(19)9-5-4-6-20-9/h4-8H,1-3H3,(H,14,19)(H,15,17,18). The highest BCUT2D eigenvalue weighted by molar-refractivity contribution is 7.15. The van der Waals surface area contributed by atoms with Crippen molar-refractivity contribution in [1.82, 2.24) is 15.5 Å². The van der Waals surface area contributed by atoms with Gasteiger partial charge in [-0.05, 0) is 19.1 Å². The van der Waals surface area contributed by atoms with Crippen LogP contribution in [0.2, 0.25) is 0 Å². The fourth-order valence-electron chi connectivity index (χ4n) is 1.47. The fraction of sp³-hybridized carbons (Fsp3) is 0.385. The largest absolute Gasteiger partial charge is 0.459 e. The highest BCUT2D eigenvalue weighted by Crippen LogP contribution is 2.22. The second kappa shape index (κ2) is 6.49. The molecule has 0 saturated carbocycles. The molecule has 0 spiro atoms. The summed E-state index contributed by atoms with van der Waals surface area (Å²) in [7, 11) is 0. The van der Waals surface area contributed by atoms with Gasteiger partial charge in [-0.1, -0.05) is 25.2 Å². The number of hydrogen-bond acceptors (Lipinski definition) is 6. The van der Waals surface area contributed by atoms with Crippen molar-refractivity contribution < 1.29 is 14.0 Å². The Bertz CT molecular complexity index is 621. The molecule has 112 valence electrons. The van der Waals surface area contributed by atoms with Gasteiger partial charge in [-0.2, -0.15) is 0 Å². The number of carbonyl (C=O) groups excluding carboxylic acids is 2. The van der Waals surface area contributed by atoms with Crippen LogP contribution in [0.1, 0.15) is 42.3 Å². The molecule has 2 amide bonds. The molecule has 0 aliphatic rings. The minimum atomic E-state index is -0.714. The number of anilines is 1. The van der Waals surface area contributed by atoms with E-state index in [2.05, 4.69) is 20.8 Å². The molecule has 0 radical (unpaired) electrons. The van der Waals surface area contributed by atoms with Crippen LogP contribution in [0, 0.1) is 0 Å². The molecule has 0 saturated heterocycles. The van der Waals surface area contributed by atoms with Crippen molar-refractivity contribution in [1.29, 1.82) is 0 Å². The minimum absolute atomic E-state index is 0.160. The predicted octanol–water partition coefficient (Wildman–Crippen LogP) is 2.01. The van der Waals surface area contributed by atoms with E-state index in [4.69, 9.17) is 4.42 Å². The van der Waals surface area contributed by atoms with Crippen LogP contribution in [0.3, 0.4) is 0 Å². The maximum atomic E-state index is 12.0. The van der Waals surface area contributed by atoms with Gasteiger partial charge in [0.05, 0.1) is 6.26 Å². The van der Waals surface area contributed by atoms with Crippen molar-refractivity contribution >= 4 is 28.3 Å². The number of furan rings is 1. The van der Waals surface area contributed by atoms with Crippen molar-refractivity contribution in [3.05, 3.63) is 29.2 Å². The lowest BCUT2D eigenvalue weighted by Gasteiger charge is -2.11. The highest BCUT2D eigenvalue weighted by Gasteiger charge is 2.19. The third-order valence-corrected chi connectivity index (χ3v) is 3.79. The monoisotopic (exact) mass is 308 g/mol. The van der Waals surface area contributed by atoms with Crippen molar-refractivity contribution in [3.8, 4) is 0 Å². The van der Waals surface area contributed by atoms with Gasteiger partial charge >= 0.3 is 0 Å². The molecular weight excluding hydrogens is 292 g/mol. The van der Waals surface area contributed by atoms with Crippen molar-refractivity contribution in [3.63, 3.8) is 0 Å². The van der Waals surface area contributed by atoms with Crippen LogP contribution in [0.15, 0.2) is 22.8 Å². The maximum absolute atomic E-state index is 12.0. The van der Waals surface area contributed by atoms with Gasteiger partial charge in [0, 0.05) is 5.92 Å². The number of nitrogens with one attached hydrogen (secondary N) is 2. The van der Waals surface area contributed by atoms with Gasteiger partial charge in [0.2, 0.25) is 11.0 Å². The van der Waals surface area contributed by atoms with E-state index >= 15 is 0 Å². The van der Waals surface area contributed by atoms with Crippen LogP contribution in [0.5, 0.6) is 0 Å². The summed E-state index contributed by atoms with van der Waals surface area (Å²) in [6.07, 6.45) is 1.40. The first-order valence-electron chi connectivity index (χ1n) is 6.46. The van der Waals surface area contributed by atoms with E-state index < -0.39 is 11.9 Å². The molecule has 2 aromatic heterocycles. The normalized spacial score (nSPS) is 12.2. The molecule has 2 aromatic rings. The Balaban J connectivity index is 1.91. The smallest absolute Gasteiger partial charge is 0.287 e. The Morgan fingerprint density at radius 1 is 1.29 bits per heavy atom. The summed E-state index contributed by atoms with van der Waals surface area (Å²) in [5.74, 6) is -0.388. The summed E-state index contributed by atoms with van der Waals surface area (Å²) >= 11 is 1.32. The van der Waals surface area contributed by atoms with Crippen LogP contribution < -0.4 is 10.6 Å². The Morgan fingerprint density at radius 3 is 2.62 bits per heavy atom. The van der Waals surface area contributed by atoms with Gasteiger partial charge in [0.1, 0.15) is 11.0 Å². The molecule has 0 aliphatic heterocycles. The van der Waals surface area contributed by atoms with E-state index in [9.17, 15) is 9.59 Å². The fourth-order valence-corrected chi connectivity index (χ4v) is 2.22. The first-order valence-corrected chi connectivity index (χ1v) is 7.27. The molecule has 2 N–H and O–H groups in total. The summed E-state index contributed by atoms with van der Waals surface area (Å²) in [5, 5.41) is 14.3. The molecular formula is C13H16N4O3S. The average molecular weight is 308 g/mol. The summed E-state index contributed by atoms with van der Waals surface area (Å²) in [6.45, 7) is 5.58. The van der Waals surface area contributed by atoms with Crippen LogP contribution in [0.25, 0.3) is 0 Å². The highest BCUT2D eigenvalue weighted by atomic mass is 32.1. The molecule has 8 heteroatoms. The van der Waals surface area contributed by atoms with Crippen molar-refractivity contribution in [2.45, 2.75) is 32.7 Å². The molecule has 1 atom stereocenters. The van der Waals surface area contributed by atoms with E-state index in [1.807, 2.05) is 13.8 Å². The van der Waals surface area contributed by atoms with Gasteiger partial charge in [0.25, 0.3) is 5.91 Å². The Morgan fingerprint density at radius 2 is 2.05 bits per heavy atom. The molecule has 2 rings (SSSR count). The molecule has 7 nitrogen and oxygen atoms in total. The first-order chi connectivity index (χ1) is 9.97. The Kier molecular flexibility index (Phi) is 4.69. The maximum Gasteiger partial charge on any atom is 0.287 e. The molecule has 0 bridgehead atoms. The molecule has 1 unspecified atom stereocenters. The van der Waals surface area contributed by atoms with Crippen LogP contribution in [0.4, 0.5) is 5.13 Å². The lowest BCUT2D eigenvalue weighted by atomic mass is 10.2. The van der Waals surface area contributed by atoms with Crippen LogP contribution >= 0.6 is 11.3 Å². The number of amides is 2. The lowest BCUT2D eigenvalue weighted by Crippen LogP contribution is -2.41. The molecule has 0 aromatic carbocycles. The molecule has 21 heavy (non-hydrogen) atoms. The van der Waals surface area contributed by atoms with Gasteiger partial charge < -0.3 is 9.73 Å². The second-order valence-electron chi connectivity index (χ2n) is 4.76. The quantitative estimate of drug-likeness (QED) is 0.880. The number of hydrogen-bond donors (Lipinski definition) is 2. The zero-order chi connectivity index (χ0) is 15.4. The number of nitrogens with zero attached hydrogens (tertiary/aromatic N) is 2. The molecule has 0 fully saturated rings. The Hall–Kier alpha value is -2.22. The van der Waals surface area contributed by atoms with E-state index in [-0.39, 0.29) is 17.6 Å². The van der Waals surface area contributed by atoms with Gasteiger partial charge in [-0.3, -0.25) is 14.9 Å². The minimum Gasteiger partial charge on any atom is -0.459 e. The van der Waals surface area contributed by atoms with E-state index in [1.165, 1.54) is 23.7 Å². The van der Waals surface area contributed by atoms with Crippen LogP contribution in [-0.4, -0.2) is 28.1 Å². The third kappa shape index (κ3) is 3.88. The van der Waals surface area contributed by atoms with Gasteiger partial charge in [0.15, 0.2) is 5.76 Å². The third-order valence-electron chi connectivity index (χ3n) is 2.65. The summed E-state index contributed by atoms with van der Waals surface area (Å²) in [4.78, 5) is 23.7. The second-order valence-corrected chi connectivity index (χ2v) is 5.77. The Labute approximate surface area is 125 Å². The number of carbonyl (C=O) groups is 2. The van der Waals surface area contributed by atoms with Crippen molar-refractivity contribution in [2.24, 2.45) is 0 Å². The average Bonchev–Trinajstić information content (AvgIpc) is 3.09.